The summed E-state index contributed by atoms with van der Waals surface area (Å²) in [5.41, 5.74) is 0. The highest BCUT2D eigenvalue weighted by Gasteiger charge is 2.14. The van der Waals surface area contributed by atoms with Crippen LogP contribution in [0.1, 0.15) is 0 Å². The molecule has 0 heterocycles. The Morgan fingerprint density at radius 1 is 0.250 bits per heavy atom. The molecule has 0 fully saturated rings. The first kappa shape index (κ1) is 22.8. The highest BCUT2D eigenvalue weighted by Crippen LogP contribution is 2.43. The lowest BCUT2D eigenvalue weighted by molar-refractivity contribution is 1.76. The van der Waals surface area contributed by atoms with E-state index in [2.05, 4.69) is 153 Å². The minimum atomic E-state index is 1.14. The largest absolute Gasteiger partial charge is 0.0616 e. The average molecular weight is 636 g/mol. The number of hydrogen-bond donors (Lipinski definition) is 0. The predicted molar refractivity (Wildman–Crippen MR) is 182 cm³/mol. The molecule has 0 atom stereocenters. The van der Waals surface area contributed by atoms with Gasteiger partial charge in [-0.1, -0.05) is 48.5 Å². The van der Waals surface area contributed by atoms with E-state index in [1.165, 1.54) is 86.2 Å². The molecule has 0 saturated carbocycles. The van der Waals surface area contributed by atoms with Crippen molar-refractivity contribution in [2.75, 3.05) is 0 Å². The molecule has 9 aromatic rings. The summed E-state index contributed by atoms with van der Waals surface area (Å²) in [7, 11) is 0. The molecule has 186 valence electrons. The Bertz CT molecular complexity index is 2210. The lowest BCUT2D eigenvalue weighted by atomic mass is 9.94. The number of rotatable bonds is 0. The van der Waals surface area contributed by atoms with Crippen LogP contribution in [0.4, 0.5) is 0 Å². The van der Waals surface area contributed by atoms with Crippen LogP contribution in [-0.4, -0.2) is 0 Å². The first-order valence-corrected chi connectivity index (χ1v) is 15.0. The van der Waals surface area contributed by atoms with Crippen LogP contribution >= 0.6 is 31.9 Å². The van der Waals surface area contributed by atoms with Crippen LogP contribution in [0, 0.1) is 0 Å². The number of hydrogen-bond acceptors (Lipinski definition) is 0. The maximum atomic E-state index is 4.03. The first-order chi connectivity index (χ1) is 19.6. The SMILES string of the molecule is Brc1c2cc3cc4cc5ccccc5cc4cc3cc2c(Br)c2cc3cc4cc5ccccc5cc4cc3cc12. The molecule has 0 radical (unpaired) electrons. The molecule has 40 heavy (non-hydrogen) atoms. The smallest absolute Gasteiger partial charge is 0.0333 e. The van der Waals surface area contributed by atoms with Gasteiger partial charge >= 0.3 is 0 Å². The molecule has 0 spiro atoms. The van der Waals surface area contributed by atoms with Crippen molar-refractivity contribution in [3.05, 3.63) is 130 Å². The van der Waals surface area contributed by atoms with Crippen molar-refractivity contribution in [2.24, 2.45) is 0 Å². The second-order valence-electron chi connectivity index (χ2n) is 10.9. The van der Waals surface area contributed by atoms with E-state index in [9.17, 15) is 0 Å². The van der Waals surface area contributed by atoms with Crippen molar-refractivity contribution < 1.29 is 0 Å². The van der Waals surface area contributed by atoms with Gasteiger partial charge in [0.2, 0.25) is 0 Å². The molecule has 0 amide bonds. The van der Waals surface area contributed by atoms with Gasteiger partial charge in [-0.25, -0.2) is 0 Å². The van der Waals surface area contributed by atoms with E-state index in [1.54, 1.807) is 0 Å². The van der Waals surface area contributed by atoms with E-state index in [0.717, 1.165) is 8.95 Å². The van der Waals surface area contributed by atoms with Gasteiger partial charge in [0, 0.05) is 8.95 Å². The normalized spacial score (nSPS) is 12.2. The summed E-state index contributed by atoms with van der Waals surface area (Å²) in [6.45, 7) is 0. The summed E-state index contributed by atoms with van der Waals surface area (Å²) >= 11 is 8.06. The third-order valence-corrected chi connectivity index (χ3v) is 10.2. The molecule has 0 N–H and O–H groups in total. The lowest BCUT2D eigenvalue weighted by Crippen LogP contribution is -1.87. The summed E-state index contributed by atoms with van der Waals surface area (Å²) in [5, 5.41) is 20.1. The molecule has 2 heteroatoms. The van der Waals surface area contributed by atoms with E-state index in [0.29, 0.717) is 0 Å². The monoisotopic (exact) mass is 634 g/mol. The van der Waals surface area contributed by atoms with Gasteiger partial charge < -0.3 is 0 Å². The molecule has 0 unspecified atom stereocenters. The van der Waals surface area contributed by atoms with E-state index in [4.69, 9.17) is 0 Å². The molecule has 9 aromatic carbocycles. The number of halogens is 2. The standard InChI is InChI=1S/C38H20Br2/c39-37-33-17-29-13-25-9-21-5-1-2-6-22(21)10-26(25)14-30(29)18-34(33)38(40)36-20-32-16-28-12-24-8-4-3-7-23(24)11-27(28)15-31(32)19-35(36)37/h1-20H. The van der Waals surface area contributed by atoms with E-state index >= 15 is 0 Å². The lowest BCUT2D eigenvalue weighted by Gasteiger charge is -2.14. The van der Waals surface area contributed by atoms with Gasteiger partial charge in [0.15, 0.2) is 0 Å². The molecule has 0 bridgehead atoms. The number of fused-ring (bicyclic) bond motifs is 8. The molecule has 0 saturated heterocycles. The van der Waals surface area contributed by atoms with Crippen molar-refractivity contribution >= 4 is 118 Å². The van der Waals surface area contributed by atoms with Gasteiger partial charge in [0.1, 0.15) is 0 Å². The fraction of sp³-hybridized carbons (Fsp3) is 0. The van der Waals surface area contributed by atoms with Gasteiger partial charge in [0.05, 0.1) is 0 Å². The van der Waals surface area contributed by atoms with Crippen LogP contribution in [0.25, 0.3) is 86.2 Å². The Hall–Kier alpha value is -3.98. The Kier molecular flexibility index (Phi) is 4.71. The molecule has 0 nitrogen and oxygen atoms in total. The quantitative estimate of drug-likeness (QED) is 0.145. The van der Waals surface area contributed by atoms with Crippen molar-refractivity contribution in [1.82, 2.24) is 0 Å². The van der Waals surface area contributed by atoms with Crippen LogP contribution in [0.15, 0.2) is 130 Å². The molecule has 0 aliphatic rings. The van der Waals surface area contributed by atoms with Crippen LogP contribution in [0.2, 0.25) is 0 Å². The van der Waals surface area contributed by atoms with Crippen molar-refractivity contribution in [3.63, 3.8) is 0 Å². The zero-order valence-corrected chi connectivity index (χ0v) is 24.5. The van der Waals surface area contributed by atoms with Crippen LogP contribution in [0.3, 0.4) is 0 Å². The summed E-state index contributed by atoms with van der Waals surface area (Å²) in [6.07, 6.45) is 0. The van der Waals surface area contributed by atoms with Crippen LogP contribution in [-0.2, 0) is 0 Å². The van der Waals surface area contributed by atoms with Gasteiger partial charge in [-0.3, -0.25) is 0 Å². The van der Waals surface area contributed by atoms with Gasteiger partial charge in [-0.05, 0) is 191 Å². The average Bonchev–Trinajstić information content (AvgIpc) is 2.98. The van der Waals surface area contributed by atoms with E-state index < -0.39 is 0 Å². The van der Waals surface area contributed by atoms with Gasteiger partial charge in [-0.2, -0.15) is 0 Å². The zero-order valence-electron chi connectivity index (χ0n) is 21.3. The maximum absolute atomic E-state index is 4.03. The molecule has 9 rings (SSSR count). The molecule has 0 aliphatic carbocycles. The van der Waals surface area contributed by atoms with Gasteiger partial charge in [-0.15, -0.1) is 0 Å². The third kappa shape index (κ3) is 3.30. The van der Waals surface area contributed by atoms with Crippen molar-refractivity contribution in [2.45, 2.75) is 0 Å². The number of benzene rings is 9. The Morgan fingerprint density at radius 3 is 0.700 bits per heavy atom. The Balaban J connectivity index is 1.34. The highest BCUT2D eigenvalue weighted by molar-refractivity contribution is 9.11. The summed E-state index contributed by atoms with van der Waals surface area (Å²) in [4.78, 5) is 0. The maximum Gasteiger partial charge on any atom is 0.0333 e. The minimum Gasteiger partial charge on any atom is -0.0616 e. The van der Waals surface area contributed by atoms with E-state index in [-0.39, 0.29) is 0 Å². The fourth-order valence-electron chi connectivity index (χ4n) is 6.50. The second-order valence-corrected chi connectivity index (χ2v) is 12.5. The van der Waals surface area contributed by atoms with Crippen molar-refractivity contribution in [3.8, 4) is 0 Å². The van der Waals surface area contributed by atoms with E-state index in [1.807, 2.05) is 0 Å². The summed E-state index contributed by atoms with van der Waals surface area (Å²) in [6, 6.07) is 45.1. The molecular weight excluding hydrogens is 616 g/mol. The van der Waals surface area contributed by atoms with Crippen LogP contribution < -0.4 is 0 Å². The molecular formula is C38H20Br2. The third-order valence-electron chi connectivity index (χ3n) is 8.54. The van der Waals surface area contributed by atoms with Crippen LogP contribution in [0.5, 0.6) is 0 Å². The topological polar surface area (TPSA) is 0 Å². The molecule has 0 aliphatic heterocycles. The predicted octanol–water partition coefficient (Wildman–Crippen LogP) is 12.4. The first-order valence-electron chi connectivity index (χ1n) is 13.5. The summed E-state index contributed by atoms with van der Waals surface area (Å²) < 4.78 is 2.28. The Morgan fingerprint density at radius 2 is 0.450 bits per heavy atom. The Labute approximate surface area is 247 Å². The summed E-state index contributed by atoms with van der Waals surface area (Å²) in [5.74, 6) is 0. The molecule has 0 aromatic heterocycles. The van der Waals surface area contributed by atoms with Crippen molar-refractivity contribution in [1.29, 1.82) is 0 Å². The minimum absolute atomic E-state index is 1.14. The fourth-order valence-corrected chi connectivity index (χ4v) is 7.82. The second kappa shape index (κ2) is 8.27. The zero-order chi connectivity index (χ0) is 26.5. The van der Waals surface area contributed by atoms with Gasteiger partial charge in [0.25, 0.3) is 0 Å². The highest BCUT2D eigenvalue weighted by atomic mass is 79.9.